The number of nitrogens with zero attached hydrogens (tertiary/aromatic N) is 2. The fraction of sp³-hybridized carbons (Fsp3) is 0.727. The standard InChI is InChI=1S/C11H19N3O/c1-9-13-7-10(4-5-12)14(9)8-11-3-2-6-15-11/h7,11H,2-6,8,12H2,1H3. The quantitative estimate of drug-likeness (QED) is 0.800. The summed E-state index contributed by atoms with van der Waals surface area (Å²) in [6.45, 7) is 4.55. The highest BCUT2D eigenvalue weighted by Gasteiger charge is 2.18. The van der Waals surface area contributed by atoms with Crippen molar-refractivity contribution in [2.75, 3.05) is 13.2 Å². The molecule has 1 aliphatic heterocycles. The largest absolute Gasteiger partial charge is 0.376 e. The lowest BCUT2D eigenvalue weighted by Crippen LogP contribution is -2.19. The van der Waals surface area contributed by atoms with Crippen molar-refractivity contribution < 1.29 is 4.74 Å². The number of aryl methyl sites for hydroxylation is 1. The summed E-state index contributed by atoms with van der Waals surface area (Å²) in [5.41, 5.74) is 6.80. The van der Waals surface area contributed by atoms with Gasteiger partial charge in [0.25, 0.3) is 0 Å². The van der Waals surface area contributed by atoms with Crippen LogP contribution >= 0.6 is 0 Å². The maximum Gasteiger partial charge on any atom is 0.105 e. The summed E-state index contributed by atoms with van der Waals surface area (Å²) in [5, 5.41) is 0. The van der Waals surface area contributed by atoms with Crippen LogP contribution in [0.1, 0.15) is 24.4 Å². The molecule has 0 amide bonds. The van der Waals surface area contributed by atoms with Crippen LogP contribution < -0.4 is 5.73 Å². The van der Waals surface area contributed by atoms with Gasteiger partial charge in [0.15, 0.2) is 0 Å². The number of imidazole rings is 1. The maximum atomic E-state index is 5.63. The number of hydrogen-bond donors (Lipinski definition) is 1. The topological polar surface area (TPSA) is 53.1 Å². The van der Waals surface area contributed by atoms with Gasteiger partial charge in [0.05, 0.1) is 12.6 Å². The first-order valence-electron chi connectivity index (χ1n) is 5.64. The van der Waals surface area contributed by atoms with Gasteiger partial charge in [-0.05, 0) is 26.3 Å². The first-order chi connectivity index (χ1) is 7.31. The van der Waals surface area contributed by atoms with Gasteiger partial charge in [-0.25, -0.2) is 4.98 Å². The Morgan fingerprint density at radius 1 is 1.67 bits per heavy atom. The lowest BCUT2D eigenvalue weighted by atomic mass is 10.2. The van der Waals surface area contributed by atoms with Crippen molar-refractivity contribution >= 4 is 0 Å². The van der Waals surface area contributed by atoms with E-state index in [1.807, 2.05) is 13.1 Å². The van der Waals surface area contributed by atoms with Crippen molar-refractivity contribution in [3.05, 3.63) is 17.7 Å². The molecule has 1 fully saturated rings. The van der Waals surface area contributed by atoms with E-state index in [0.717, 1.165) is 25.4 Å². The first-order valence-corrected chi connectivity index (χ1v) is 5.64. The van der Waals surface area contributed by atoms with Crippen molar-refractivity contribution in [3.63, 3.8) is 0 Å². The second-order valence-electron chi connectivity index (χ2n) is 4.08. The Kier molecular flexibility index (Phi) is 3.38. The van der Waals surface area contributed by atoms with Gasteiger partial charge < -0.3 is 15.0 Å². The lowest BCUT2D eigenvalue weighted by molar-refractivity contribution is 0.0958. The summed E-state index contributed by atoms with van der Waals surface area (Å²) in [6, 6.07) is 0. The zero-order valence-electron chi connectivity index (χ0n) is 9.28. The van der Waals surface area contributed by atoms with E-state index in [2.05, 4.69) is 9.55 Å². The predicted octanol–water partition coefficient (Wildman–Crippen LogP) is 0.872. The molecule has 0 aliphatic carbocycles. The van der Waals surface area contributed by atoms with E-state index in [1.165, 1.54) is 18.5 Å². The molecule has 1 unspecified atom stereocenters. The molecule has 2 N–H and O–H groups in total. The number of hydrogen-bond acceptors (Lipinski definition) is 3. The Labute approximate surface area is 90.4 Å². The zero-order valence-corrected chi connectivity index (χ0v) is 9.28. The maximum absolute atomic E-state index is 5.63. The summed E-state index contributed by atoms with van der Waals surface area (Å²) in [4.78, 5) is 4.33. The molecule has 0 bridgehead atoms. The second kappa shape index (κ2) is 4.77. The van der Waals surface area contributed by atoms with Crippen molar-refractivity contribution in [1.82, 2.24) is 9.55 Å². The molecule has 1 atom stereocenters. The Hall–Kier alpha value is -0.870. The minimum atomic E-state index is 0.370. The molecule has 1 aromatic heterocycles. The van der Waals surface area contributed by atoms with Crippen LogP contribution in [0.2, 0.25) is 0 Å². The Bertz CT molecular complexity index is 316. The molecule has 0 spiro atoms. The van der Waals surface area contributed by atoms with E-state index in [-0.39, 0.29) is 0 Å². The van der Waals surface area contributed by atoms with Crippen LogP contribution in [0.3, 0.4) is 0 Å². The van der Waals surface area contributed by atoms with E-state index >= 15 is 0 Å². The highest BCUT2D eigenvalue weighted by atomic mass is 16.5. The fourth-order valence-corrected chi connectivity index (χ4v) is 2.10. The van der Waals surface area contributed by atoms with E-state index in [4.69, 9.17) is 10.5 Å². The molecule has 1 aromatic rings. The molecule has 2 heterocycles. The minimum absolute atomic E-state index is 0.370. The molecular weight excluding hydrogens is 190 g/mol. The van der Waals surface area contributed by atoms with Gasteiger partial charge in [0.2, 0.25) is 0 Å². The number of ether oxygens (including phenoxy) is 1. The first kappa shape index (κ1) is 10.6. The third kappa shape index (κ3) is 2.38. The smallest absolute Gasteiger partial charge is 0.105 e. The van der Waals surface area contributed by atoms with Gasteiger partial charge in [-0.1, -0.05) is 0 Å². The summed E-state index contributed by atoms with van der Waals surface area (Å²) < 4.78 is 7.87. The van der Waals surface area contributed by atoms with Gasteiger partial charge >= 0.3 is 0 Å². The van der Waals surface area contributed by atoms with Crippen LogP contribution in [0.25, 0.3) is 0 Å². The van der Waals surface area contributed by atoms with Gasteiger partial charge in [-0.2, -0.15) is 0 Å². The normalized spacial score (nSPS) is 21.1. The summed E-state index contributed by atoms with van der Waals surface area (Å²) in [7, 11) is 0. The van der Waals surface area contributed by atoms with E-state index in [0.29, 0.717) is 12.6 Å². The highest BCUT2D eigenvalue weighted by molar-refractivity contribution is 5.05. The number of nitrogens with two attached hydrogens (primary N) is 1. The summed E-state index contributed by atoms with van der Waals surface area (Å²) in [5.74, 6) is 1.06. The van der Waals surface area contributed by atoms with E-state index in [1.54, 1.807) is 0 Å². The molecule has 84 valence electrons. The molecule has 0 aromatic carbocycles. The molecule has 0 saturated carbocycles. The number of rotatable bonds is 4. The van der Waals surface area contributed by atoms with Crippen LogP contribution in [-0.2, 0) is 17.7 Å². The lowest BCUT2D eigenvalue weighted by Gasteiger charge is -2.14. The average Bonchev–Trinajstić information content (AvgIpc) is 2.83. The van der Waals surface area contributed by atoms with Crippen LogP contribution in [0.5, 0.6) is 0 Å². The summed E-state index contributed by atoms with van der Waals surface area (Å²) >= 11 is 0. The SMILES string of the molecule is Cc1ncc(CCN)n1CC1CCCO1. The van der Waals surface area contributed by atoms with Crippen LogP contribution in [0.4, 0.5) is 0 Å². The molecule has 1 aliphatic rings. The minimum Gasteiger partial charge on any atom is -0.376 e. The molecular formula is C11H19N3O. The zero-order chi connectivity index (χ0) is 10.7. The van der Waals surface area contributed by atoms with Crippen molar-refractivity contribution in [2.24, 2.45) is 5.73 Å². The molecule has 0 radical (unpaired) electrons. The summed E-state index contributed by atoms with van der Waals surface area (Å²) in [6.07, 6.45) is 5.55. The molecule has 1 saturated heterocycles. The Balaban J connectivity index is 2.07. The Morgan fingerprint density at radius 3 is 3.20 bits per heavy atom. The molecule has 4 nitrogen and oxygen atoms in total. The predicted molar refractivity (Wildman–Crippen MR) is 58.7 cm³/mol. The average molecular weight is 209 g/mol. The van der Waals surface area contributed by atoms with E-state index < -0.39 is 0 Å². The monoisotopic (exact) mass is 209 g/mol. The van der Waals surface area contributed by atoms with E-state index in [9.17, 15) is 0 Å². The molecule has 15 heavy (non-hydrogen) atoms. The van der Waals surface area contributed by atoms with Gasteiger partial charge in [-0.15, -0.1) is 0 Å². The van der Waals surface area contributed by atoms with Crippen molar-refractivity contribution in [1.29, 1.82) is 0 Å². The third-order valence-corrected chi connectivity index (χ3v) is 2.95. The fourth-order valence-electron chi connectivity index (χ4n) is 2.10. The van der Waals surface area contributed by atoms with Gasteiger partial charge in [0.1, 0.15) is 5.82 Å². The molecule has 2 rings (SSSR count). The third-order valence-electron chi connectivity index (χ3n) is 2.95. The van der Waals surface area contributed by atoms with Crippen LogP contribution in [0.15, 0.2) is 6.20 Å². The van der Waals surface area contributed by atoms with Crippen LogP contribution in [0, 0.1) is 6.92 Å². The van der Waals surface area contributed by atoms with Gasteiger partial charge in [0, 0.05) is 24.9 Å². The Morgan fingerprint density at radius 2 is 2.53 bits per heavy atom. The second-order valence-corrected chi connectivity index (χ2v) is 4.08. The van der Waals surface area contributed by atoms with Crippen LogP contribution in [-0.4, -0.2) is 28.8 Å². The van der Waals surface area contributed by atoms with Gasteiger partial charge in [-0.3, -0.25) is 0 Å². The number of aromatic nitrogens is 2. The molecule has 4 heteroatoms. The van der Waals surface area contributed by atoms with Crippen molar-refractivity contribution in [3.8, 4) is 0 Å². The van der Waals surface area contributed by atoms with Crippen molar-refractivity contribution in [2.45, 2.75) is 38.8 Å². The highest BCUT2D eigenvalue weighted by Crippen LogP contribution is 2.16.